The van der Waals surface area contributed by atoms with Crippen LogP contribution in [0.2, 0.25) is 5.02 Å². The van der Waals surface area contributed by atoms with Crippen molar-refractivity contribution in [3.63, 3.8) is 0 Å². The van der Waals surface area contributed by atoms with Crippen molar-refractivity contribution < 1.29 is 32.2 Å². The molecule has 1 aliphatic heterocycles. The maximum absolute atomic E-state index is 14.5. The second-order valence-corrected chi connectivity index (χ2v) is 7.34. The van der Waals surface area contributed by atoms with Gasteiger partial charge in [-0.25, -0.2) is 9.37 Å². The first-order valence-corrected chi connectivity index (χ1v) is 8.66. The zero-order valence-corrected chi connectivity index (χ0v) is 15.7. The summed E-state index contributed by atoms with van der Waals surface area (Å²) in [5, 5.41) is 10.3. The number of carbonyl (C=O) groups excluding carboxylic acids is 1. The molecule has 1 aliphatic rings. The molecule has 11 heteroatoms. The normalized spacial score (nSPS) is 20.7. The first kappa shape index (κ1) is 21.3. The van der Waals surface area contributed by atoms with Crippen molar-refractivity contribution in [1.82, 2.24) is 4.98 Å². The Labute approximate surface area is 167 Å². The molecule has 5 N–H and O–H groups in total. The number of aromatic nitrogens is 1. The molecule has 1 aromatic heterocycles. The zero-order valence-electron chi connectivity index (χ0n) is 15.0. The Balaban J connectivity index is 2.38. The van der Waals surface area contributed by atoms with Gasteiger partial charge in [0.05, 0.1) is 5.69 Å². The van der Waals surface area contributed by atoms with Crippen molar-refractivity contribution in [2.24, 2.45) is 11.5 Å². The van der Waals surface area contributed by atoms with Crippen LogP contribution in [0.15, 0.2) is 24.3 Å². The largest absolute Gasteiger partial charge is 0.489 e. The Hall–Kier alpha value is -2.43. The Bertz CT molecular complexity index is 1000. The van der Waals surface area contributed by atoms with Crippen LogP contribution in [0.1, 0.15) is 18.2 Å². The molecule has 2 heterocycles. The average molecular weight is 434 g/mol. The Morgan fingerprint density at radius 3 is 2.55 bits per heavy atom. The summed E-state index contributed by atoms with van der Waals surface area (Å²) in [5.41, 5.74) is 4.03. The van der Waals surface area contributed by atoms with Gasteiger partial charge in [0.15, 0.2) is 0 Å². The SMILES string of the molecule is C[C@]1(C(N)=O)COc2c1cc(C(O)(CN)C(F)(F)F)nc2-c1ccc(Cl)cc1F. The van der Waals surface area contributed by atoms with Crippen LogP contribution in [0.3, 0.4) is 0 Å². The van der Waals surface area contributed by atoms with Gasteiger partial charge < -0.3 is 21.3 Å². The van der Waals surface area contributed by atoms with Crippen LogP contribution in [0.5, 0.6) is 5.75 Å². The third-order valence-corrected chi connectivity index (χ3v) is 5.23. The van der Waals surface area contributed by atoms with Crippen molar-refractivity contribution in [2.45, 2.75) is 24.1 Å². The first-order chi connectivity index (χ1) is 13.3. The number of pyridine rings is 1. The van der Waals surface area contributed by atoms with Crippen LogP contribution in [0.25, 0.3) is 11.3 Å². The summed E-state index contributed by atoms with van der Waals surface area (Å²) in [6, 6.07) is 4.31. The minimum atomic E-state index is -5.19. The monoisotopic (exact) mass is 433 g/mol. The number of aliphatic hydroxyl groups is 1. The van der Waals surface area contributed by atoms with Crippen LogP contribution >= 0.6 is 11.6 Å². The average Bonchev–Trinajstić information content (AvgIpc) is 2.98. The molecule has 2 atom stereocenters. The minimum Gasteiger partial charge on any atom is -0.489 e. The molecule has 29 heavy (non-hydrogen) atoms. The number of rotatable bonds is 4. The van der Waals surface area contributed by atoms with Crippen molar-refractivity contribution in [3.8, 4) is 17.0 Å². The smallest absolute Gasteiger partial charge is 0.424 e. The standard InChI is InChI=1S/C18H16ClF4N3O3/c1-16(15(25)27)7-29-14-10(16)5-12(17(28,6-24)18(21,22)23)26-13(14)9-3-2-8(19)4-11(9)20/h2-5,28H,6-7,24H2,1H3,(H2,25,27)/t16-,17?/m0/s1. The number of ether oxygens (including phenoxy) is 1. The van der Waals surface area contributed by atoms with Crippen LogP contribution in [-0.2, 0) is 15.8 Å². The third kappa shape index (κ3) is 3.21. The van der Waals surface area contributed by atoms with Gasteiger partial charge in [0.1, 0.15) is 29.3 Å². The molecule has 0 saturated carbocycles. The lowest BCUT2D eigenvalue weighted by Gasteiger charge is -2.30. The maximum Gasteiger partial charge on any atom is 0.424 e. The second-order valence-electron chi connectivity index (χ2n) is 6.90. The molecule has 1 amide bonds. The van der Waals surface area contributed by atoms with Gasteiger partial charge in [-0.3, -0.25) is 4.79 Å². The van der Waals surface area contributed by atoms with Gasteiger partial charge in [0.2, 0.25) is 11.5 Å². The number of hydrogen-bond donors (Lipinski definition) is 3. The molecule has 0 bridgehead atoms. The highest BCUT2D eigenvalue weighted by Gasteiger charge is 2.56. The highest BCUT2D eigenvalue weighted by molar-refractivity contribution is 6.30. The number of primary amides is 1. The van der Waals surface area contributed by atoms with Crippen molar-refractivity contribution in [1.29, 1.82) is 0 Å². The number of carbonyl (C=O) groups is 1. The molecular weight excluding hydrogens is 418 g/mol. The quantitative estimate of drug-likeness (QED) is 0.641. The molecule has 0 radical (unpaired) electrons. The van der Waals surface area contributed by atoms with Gasteiger partial charge in [0, 0.05) is 22.7 Å². The number of halogens is 5. The summed E-state index contributed by atoms with van der Waals surface area (Å²) in [5.74, 6) is -1.87. The fourth-order valence-electron chi connectivity index (χ4n) is 3.03. The molecule has 156 valence electrons. The summed E-state index contributed by atoms with van der Waals surface area (Å²) in [6.07, 6.45) is -5.19. The molecule has 1 unspecified atom stereocenters. The highest BCUT2D eigenvalue weighted by Crippen LogP contribution is 2.48. The van der Waals surface area contributed by atoms with E-state index in [9.17, 15) is 27.5 Å². The van der Waals surface area contributed by atoms with E-state index in [4.69, 9.17) is 27.8 Å². The summed E-state index contributed by atoms with van der Waals surface area (Å²) in [6.45, 7) is -0.181. The Kier molecular flexibility index (Phi) is 5.01. The van der Waals surface area contributed by atoms with Gasteiger partial charge in [-0.2, -0.15) is 13.2 Å². The first-order valence-electron chi connectivity index (χ1n) is 8.28. The molecule has 1 aromatic carbocycles. The van der Waals surface area contributed by atoms with Gasteiger partial charge in [-0.15, -0.1) is 0 Å². The van der Waals surface area contributed by atoms with E-state index in [2.05, 4.69) is 4.98 Å². The van der Waals surface area contributed by atoms with Crippen molar-refractivity contribution in [2.75, 3.05) is 13.2 Å². The van der Waals surface area contributed by atoms with Gasteiger partial charge in [0.25, 0.3) is 0 Å². The molecule has 0 fully saturated rings. The van der Waals surface area contributed by atoms with E-state index in [1.54, 1.807) is 0 Å². The van der Waals surface area contributed by atoms with E-state index in [-0.39, 0.29) is 34.2 Å². The van der Waals surface area contributed by atoms with E-state index in [0.717, 1.165) is 12.1 Å². The second kappa shape index (κ2) is 6.82. The number of nitrogens with zero attached hydrogens (tertiary/aromatic N) is 1. The van der Waals surface area contributed by atoms with E-state index >= 15 is 0 Å². The third-order valence-electron chi connectivity index (χ3n) is 4.99. The van der Waals surface area contributed by atoms with Crippen LogP contribution < -0.4 is 16.2 Å². The Morgan fingerprint density at radius 1 is 1.38 bits per heavy atom. The zero-order chi connectivity index (χ0) is 21.8. The topological polar surface area (TPSA) is 111 Å². The van der Waals surface area contributed by atoms with Gasteiger partial charge >= 0.3 is 6.18 Å². The summed E-state index contributed by atoms with van der Waals surface area (Å²) in [4.78, 5) is 15.8. The predicted octanol–water partition coefficient (Wildman–Crippen LogP) is 2.39. The number of alkyl halides is 3. The predicted molar refractivity (Wildman–Crippen MR) is 95.7 cm³/mol. The van der Waals surface area contributed by atoms with E-state index in [0.29, 0.717) is 0 Å². The fraction of sp³-hybridized carbons (Fsp3) is 0.333. The number of amides is 1. The fourth-order valence-corrected chi connectivity index (χ4v) is 3.19. The van der Waals surface area contributed by atoms with E-state index < -0.39 is 41.2 Å². The lowest BCUT2D eigenvalue weighted by Crippen LogP contribution is -2.49. The summed E-state index contributed by atoms with van der Waals surface area (Å²) >= 11 is 5.74. The number of nitrogens with two attached hydrogens (primary N) is 2. The van der Waals surface area contributed by atoms with Gasteiger partial charge in [-0.05, 0) is 31.2 Å². The highest BCUT2D eigenvalue weighted by atomic mass is 35.5. The lowest BCUT2D eigenvalue weighted by molar-refractivity contribution is -0.263. The molecule has 0 saturated heterocycles. The number of benzene rings is 1. The number of fused-ring (bicyclic) bond motifs is 1. The van der Waals surface area contributed by atoms with Crippen LogP contribution in [0.4, 0.5) is 17.6 Å². The summed E-state index contributed by atoms with van der Waals surface area (Å²) < 4.78 is 60.7. The summed E-state index contributed by atoms with van der Waals surface area (Å²) in [7, 11) is 0. The Morgan fingerprint density at radius 2 is 2.03 bits per heavy atom. The van der Waals surface area contributed by atoms with E-state index in [1.807, 2.05) is 0 Å². The van der Waals surface area contributed by atoms with E-state index in [1.165, 1.54) is 19.1 Å². The maximum atomic E-state index is 14.5. The lowest BCUT2D eigenvalue weighted by atomic mass is 9.82. The molecule has 0 aliphatic carbocycles. The molecular formula is C18H16ClF4N3O3. The minimum absolute atomic E-state index is 0.0516. The molecule has 3 rings (SSSR count). The van der Waals surface area contributed by atoms with Crippen LogP contribution in [0, 0.1) is 5.82 Å². The number of hydrogen-bond acceptors (Lipinski definition) is 5. The molecule has 2 aromatic rings. The van der Waals surface area contributed by atoms with Crippen molar-refractivity contribution >= 4 is 17.5 Å². The van der Waals surface area contributed by atoms with Crippen molar-refractivity contribution in [3.05, 3.63) is 46.4 Å². The van der Waals surface area contributed by atoms with Crippen LogP contribution in [-0.4, -0.2) is 35.3 Å². The molecule has 0 spiro atoms. The molecule has 6 nitrogen and oxygen atoms in total. The van der Waals surface area contributed by atoms with Gasteiger partial charge in [-0.1, -0.05) is 11.6 Å².